The maximum absolute atomic E-state index is 12.2. The highest BCUT2D eigenvalue weighted by Gasteiger charge is 2.16. The molecular weight excluding hydrogens is 364 g/mol. The molecule has 3 rings (SSSR count). The van der Waals surface area contributed by atoms with Crippen LogP contribution in [-0.4, -0.2) is 44.1 Å². The zero-order valence-electron chi connectivity index (χ0n) is 15.1. The Hall–Kier alpha value is -3.55. The molecule has 0 saturated heterocycles. The molecule has 1 aliphatic rings. The molecule has 0 aromatic heterocycles. The standard InChI is InChI=1S/C20H20N2O6/c23-16(14-6-7-17-18(12-14)27-11-10-26-17)13-28-19(24)8-9-21-20(25)22-15-4-2-1-3-5-15/h1-7,12H,8-11,13H2,(H2,21,22,25). The molecule has 28 heavy (non-hydrogen) atoms. The Morgan fingerprint density at radius 3 is 2.50 bits per heavy atom. The van der Waals surface area contributed by atoms with E-state index in [4.69, 9.17) is 14.2 Å². The van der Waals surface area contributed by atoms with Crippen LogP contribution >= 0.6 is 0 Å². The molecule has 0 unspecified atom stereocenters. The van der Waals surface area contributed by atoms with Crippen molar-refractivity contribution < 1.29 is 28.6 Å². The van der Waals surface area contributed by atoms with Crippen molar-refractivity contribution in [3.8, 4) is 11.5 Å². The maximum Gasteiger partial charge on any atom is 0.319 e. The first-order chi connectivity index (χ1) is 13.6. The number of carbonyl (C=O) groups is 3. The molecule has 0 fully saturated rings. The summed E-state index contributed by atoms with van der Waals surface area (Å²) in [7, 11) is 0. The number of benzene rings is 2. The quantitative estimate of drug-likeness (QED) is 0.561. The summed E-state index contributed by atoms with van der Waals surface area (Å²) in [5.74, 6) is 0.155. The van der Waals surface area contributed by atoms with Gasteiger partial charge in [0.1, 0.15) is 13.2 Å². The van der Waals surface area contributed by atoms with Crippen molar-refractivity contribution >= 4 is 23.5 Å². The van der Waals surface area contributed by atoms with E-state index < -0.39 is 12.0 Å². The first-order valence-corrected chi connectivity index (χ1v) is 8.80. The molecular formula is C20H20N2O6. The Bertz CT molecular complexity index is 853. The van der Waals surface area contributed by atoms with E-state index in [9.17, 15) is 14.4 Å². The smallest absolute Gasteiger partial charge is 0.319 e. The molecule has 2 amide bonds. The average Bonchev–Trinajstić information content (AvgIpc) is 2.72. The van der Waals surface area contributed by atoms with E-state index in [1.807, 2.05) is 6.07 Å². The van der Waals surface area contributed by atoms with Gasteiger partial charge in [-0.05, 0) is 30.3 Å². The van der Waals surface area contributed by atoms with Gasteiger partial charge in [0.15, 0.2) is 23.9 Å². The van der Waals surface area contributed by atoms with Crippen molar-refractivity contribution in [1.82, 2.24) is 5.32 Å². The molecule has 8 nitrogen and oxygen atoms in total. The van der Waals surface area contributed by atoms with Crippen molar-refractivity contribution in [3.05, 3.63) is 54.1 Å². The molecule has 2 N–H and O–H groups in total. The summed E-state index contributed by atoms with van der Waals surface area (Å²) < 4.78 is 15.8. The van der Waals surface area contributed by atoms with E-state index in [0.717, 1.165) is 0 Å². The third-order valence-corrected chi connectivity index (χ3v) is 3.87. The van der Waals surface area contributed by atoms with Gasteiger partial charge < -0.3 is 24.8 Å². The maximum atomic E-state index is 12.2. The molecule has 2 aromatic rings. The molecule has 0 saturated carbocycles. The normalized spacial score (nSPS) is 12.0. The van der Waals surface area contributed by atoms with Crippen molar-refractivity contribution in [1.29, 1.82) is 0 Å². The topological polar surface area (TPSA) is 103 Å². The lowest BCUT2D eigenvalue weighted by atomic mass is 10.1. The zero-order valence-corrected chi connectivity index (χ0v) is 15.1. The predicted molar refractivity (Wildman–Crippen MR) is 101 cm³/mol. The fourth-order valence-corrected chi connectivity index (χ4v) is 2.49. The second-order valence-electron chi connectivity index (χ2n) is 5.94. The minimum atomic E-state index is -0.578. The summed E-state index contributed by atoms with van der Waals surface area (Å²) in [5.41, 5.74) is 1.02. The molecule has 0 atom stereocenters. The minimum Gasteiger partial charge on any atom is -0.486 e. The second kappa shape index (κ2) is 9.40. The van der Waals surface area contributed by atoms with Crippen LogP contribution in [-0.2, 0) is 9.53 Å². The van der Waals surface area contributed by atoms with E-state index in [2.05, 4.69) is 10.6 Å². The number of amides is 2. The van der Waals surface area contributed by atoms with Crippen LogP contribution in [0.25, 0.3) is 0 Å². The Morgan fingerprint density at radius 1 is 0.964 bits per heavy atom. The van der Waals surface area contributed by atoms with Crippen LogP contribution < -0.4 is 20.1 Å². The number of hydrogen-bond acceptors (Lipinski definition) is 6. The van der Waals surface area contributed by atoms with Crippen LogP contribution in [0.15, 0.2) is 48.5 Å². The van der Waals surface area contributed by atoms with E-state index in [0.29, 0.717) is 36.0 Å². The first kappa shape index (κ1) is 19.2. The number of ether oxygens (including phenoxy) is 3. The zero-order chi connectivity index (χ0) is 19.8. The van der Waals surface area contributed by atoms with Gasteiger partial charge in [-0.15, -0.1) is 0 Å². The average molecular weight is 384 g/mol. The Morgan fingerprint density at radius 2 is 1.71 bits per heavy atom. The third kappa shape index (κ3) is 5.47. The van der Waals surface area contributed by atoms with Gasteiger partial charge >= 0.3 is 12.0 Å². The van der Waals surface area contributed by atoms with Gasteiger partial charge in [0.05, 0.1) is 6.42 Å². The highest BCUT2D eigenvalue weighted by Crippen LogP contribution is 2.30. The number of rotatable bonds is 7. The van der Waals surface area contributed by atoms with Gasteiger partial charge in [-0.2, -0.15) is 0 Å². The number of fused-ring (bicyclic) bond motifs is 1. The molecule has 0 aliphatic carbocycles. The van der Waals surface area contributed by atoms with E-state index in [-0.39, 0.29) is 25.4 Å². The number of ketones is 1. The summed E-state index contributed by atoms with van der Waals surface area (Å²) >= 11 is 0. The van der Waals surface area contributed by atoms with Crippen molar-refractivity contribution in [3.63, 3.8) is 0 Å². The predicted octanol–water partition coefficient (Wildman–Crippen LogP) is 2.40. The van der Waals surface area contributed by atoms with Crippen LogP contribution in [0.1, 0.15) is 16.8 Å². The summed E-state index contributed by atoms with van der Waals surface area (Å²) in [6.07, 6.45) is -0.0450. The van der Waals surface area contributed by atoms with Crippen molar-refractivity contribution in [2.75, 3.05) is 31.7 Å². The lowest BCUT2D eigenvalue weighted by Crippen LogP contribution is -2.31. The molecule has 146 valence electrons. The Balaban J connectivity index is 1.37. The number of anilines is 1. The van der Waals surface area contributed by atoms with Gasteiger partial charge in [-0.25, -0.2) is 4.79 Å². The van der Waals surface area contributed by atoms with Crippen molar-refractivity contribution in [2.24, 2.45) is 0 Å². The first-order valence-electron chi connectivity index (χ1n) is 8.80. The number of esters is 1. The van der Waals surface area contributed by atoms with Gasteiger partial charge in [0.2, 0.25) is 0 Å². The van der Waals surface area contributed by atoms with Crippen LogP contribution in [0, 0.1) is 0 Å². The van der Waals surface area contributed by atoms with Crippen LogP contribution in [0.4, 0.5) is 10.5 Å². The number of carbonyl (C=O) groups excluding carboxylic acids is 3. The molecule has 0 spiro atoms. The molecule has 2 aromatic carbocycles. The molecule has 0 radical (unpaired) electrons. The lowest BCUT2D eigenvalue weighted by molar-refractivity contribution is -0.142. The van der Waals surface area contributed by atoms with Crippen LogP contribution in [0.3, 0.4) is 0 Å². The summed E-state index contributed by atoms with van der Waals surface area (Å²) in [5, 5.41) is 5.18. The number of nitrogens with one attached hydrogen (secondary N) is 2. The summed E-state index contributed by atoms with van der Waals surface area (Å²) in [6, 6.07) is 13.3. The summed E-state index contributed by atoms with van der Waals surface area (Å²) in [4.78, 5) is 35.6. The lowest BCUT2D eigenvalue weighted by Gasteiger charge is -2.18. The highest BCUT2D eigenvalue weighted by atomic mass is 16.6. The molecule has 8 heteroatoms. The van der Waals surface area contributed by atoms with Gasteiger partial charge in [-0.1, -0.05) is 18.2 Å². The molecule has 0 bridgehead atoms. The fraction of sp³-hybridized carbons (Fsp3) is 0.250. The second-order valence-corrected chi connectivity index (χ2v) is 5.94. The van der Waals surface area contributed by atoms with Crippen LogP contribution in [0.2, 0.25) is 0 Å². The highest BCUT2D eigenvalue weighted by molar-refractivity contribution is 5.98. The van der Waals surface area contributed by atoms with Gasteiger partial charge in [-0.3, -0.25) is 9.59 Å². The monoisotopic (exact) mass is 384 g/mol. The third-order valence-electron chi connectivity index (χ3n) is 3.87. The van der Waals surface area contributed by atoms with Gasteiger partial charge in [0.25, 0.3) is 0 Å². The Labute approximate surface area is 161 Å². The minimum absolute atomic E-state index is 0.0450. The SMILES string of the molecule is O=C(NCCC(=O)OCC(=O)c1ccc2c(c1)OCCO2)Nc1ccccc1. The van der Waals surface area contributed by atoms with Gasteiger partial charge in [0, 0.05) is 17.8 Å². The number of urea groups is 1. The summed E-state index contributed by atoms with van der Waals surface area (Å²) in [6.45, 7) is 0.601. The molecule has 1 aliphatic heterocycles. The van der Waals surface area contributed by atoms with E-state index in [1.165, 1.54) is 0 Å². The number of Topliss-reactive ketones (excluding diaryl/α,β-unsaturated/α-hetero) is 1. The largest absolute Gasteiger partial charge is 0.486 e. The van der Waals surface area contributed by atoms with Crippen LogP contribution in [0.5, 0.6) is 11.5 Å². The Kier molecular flexibility index (Phi) is 6.46. The molecule has 1 heterocycles. The number of para-hydroxylation sites is 1. The number of hydrogen-bond donors (Lipinski definition) is 2. The van der Waals surface area contributed by atoms with Crippen molar-refractivity contribution in [2.45, 2.75) is 6.42 Å². The van der Waals surface area contributed by atoms with E-state index in [1.54, 1.807) is 42.5 Å². The van der Waals surface area contributed by atoms with E-state index >= 15 is 0 Å². The fourth-order valence-electron chi connectivity index (χ4n) is 2.49.